The van der Waals surface area contributed by atoms with E-state index in [1.807, 2.05) is 0 Å². The lowest BCUT2D eigenvalue weighted by molar-refractivity contribution is 0.355. The van der Waals surface area contributed by atoms with Crippen molar-refractivity contribution < 1.29 is 13.9 Å². The molecule has 3 nitrogen and oxygen atoms in total. The predicted octanol–water partition coefficient (Wildman–Crippen LogP) is 4.76. The van der Waals surface area contributed by atoms with Crippen LogP contribution in [0.4, 0.5) is 10.1 Å². The van der Waals surface area contributed by atoms with E-state index < -0.39 is 0 Å². The van der Waals surface area contributed by atoms with Crippen molar-refractivity contribution in [2.24, 2.45) is 0 Å². The summed E-state index contributed by atoms with van der Waals surface area (Å²) in [5.41, 5.74) is 1.38. The lowest BCUT2D eigenvalue weighted by Crippen LogP contribution is -2.01. The fraction of sp³-hybridized carbons (Fsp3) is 0.200. The van der Waals surface area contributed by atoms with E-state index in [-0.39, 0.29) is 5.82 Å². The molecular formula is C15H14Cl2FNO2. The summed E-state index contributed by atoms with van der Waals surface area (Å²) in [7, 11) is 3.08. The molecule has 0 atom stereocenters. The second-order valence-corrected chi connectivity index (χ2v) is 5.16. The van der Waals surface area contributed by atoms with Crippen LogP contribution in [0.25, 0.3) is 0 Å². The van der Waals surface area contributed by atoms with Gasteiger partial charge in [0, 0.05) is 23.7 Å². The minimum atomic E-state index is -0.377. The van der Waals surface area contributed by atoms with Crippen molar-refractivity contribution in [3.05, 3.63) is 51.8 Å². The highest BCUT2D eigenvalue weighted by atomic mass is 35.5. The summed E-state index contributed by atoms with van der Waals surface area (Å²) < 4.78 is 23.7. The molecule has 0 saturated heterocycles. The maximum Gasteiger partial charge on any atom is 0.162 e. The number of anilines is 1. The zero-order valence-electron chi connectivity index (χ0n) is 11.5. The molecule has 0 spiro atoms. The molecule has 0 amide bonds. The van der Waals surface area contributed by atoms with Crippen molar-refractivity contribution >= 4 is 28.9 Å². The lowest BCUT2D eigenvalue weighted by Gasteiger charge is -2.13. The minimum absolute atomic E-state index is 0.352. The molecule has 6 heteroatoms. The normalized spacial score (nSPS) is 10.3. The zero-order valence-corrected chi connectivity index (χ0v) is 13.1. The van der Waals surface area contributed by atoms with Crippen LogP contribution < -0.4 is 14.8 Å². The Morgan fingerprint density at radius 1 is 1.00 bits per heavy atom. The molecule has 0 heterocycles. The van der Waals surface area contributed by atoms with Gasteiger partial charge in [0.1, 0.15) is 5.82 Å². The van der Waals surface area contributed by atoms with Crippen molar-refractivity contribution in [1.82, 2.24) is 0 Å². The SMILES string of the molecule is COc1cc(Cl)c(NCc2cc(F)cc(Cl)c2)cc1OC. The quantitative estimate of drug-likeness (QED) is 0.857. The van der Waals surface area contributed by atoms with E-state index in [1.54, 1.807) is 25.3 Å². The van der Waals surface area contributed by atoms with Gasteiger partial charge in [0.15, 0.2) is 11.5 Å². The molecule has 2 aromatic carbocycles. The summed E-state index contributed by atoms with van der Waals surface area (Å²) in [6, 6.07) is 7.73. The summed E-state index contributed by atoms with van der Waals surface area (Å²) in [5.74, 6) is 0.723. The number of hydrogen-bond acceptors (Lipinski definition) is 3. The molecule has 21 heavy (non-hydrogen) atoms. The first-order valence-electron chi connectivity index (χ1n) is 6.14. The second-order valence-electron chi connectivity index (χ2n) is 4.32. The predicted molar refractivity (Wildman–Crippen MR) is 83.3 cm³/mol. The third-order valence-corrected chi connectivity index (χ3v) is 3.41. The number of hydrogen-bond donors (Lipinski definition) is 1. The average Bonchev–Trinajstić information content (AvgIpc) is 2.44. The Labute approximate surface area is 132 Å². The largest absolute Gasteiger partial charge is 0.493 e. The smallest absolute Gasteiger partial charge is 0.162 e. The molecule has 0 aliphatic carbocycles. The molecule has 112 valence electrons. The van der Waals surface area contributed by atoms with Gasteiger partial charge in [0.25, 0.3) is 0 Å². The Morgan fingerprint density at radius 2 is 1.67 bits per heavy atom. The Bertz CT molecular complexity index is 630. The zero-order chi connectivity index (χ0) is 15.4. The van der Waals surface area contributed by atoms with E-state index in [1.165, 1.54) is 19.2 Å². The molecule has 2 aromatic rings. The topological polar surface area (TPSA) is 30.5 Å². The van der Waals surface area contributed by atoms with Gasteiger partial charge in [-0.3, -0.25) is 0 Å². The first-order valence-corrected chi connectivity index (χ1v) is 6.89. The molecule has 1 N–H and O–H groups in total. The molecule has 0 aliphatic rings. The van der Waals surface area contributed by atoms with Gasteiger partial charge >= 0.3 is 0 Å². The monoisotopic (exact) mass is 329 g/mol. The maximum atomic E-state index is 13.3. The van der Waals surface area contributed by atoms with Gasteiger partial charge in [0.05, 0.1) is 24.9 Å². The summed E-state index contributed by atoms with van der Waals surface area (Å²) in [6.07, 6.45) is 0. The highest BCUT2D eigenvalue weighted by molar-refractivity contribution is 6.33. The van der Waals surface area contributed by atoms with Gasteiger partial charge in [-0.1, -0.05) is 23.2 Å². The van der Waals surface area contributed by atoms with Crippen molar-refractivity contribution in [3.8, 4) is 11.5 Å². The number of benzene rings is 2. The van der Waals surface area contributed by atoms with Gasteiger partial charge in [-0.25, -0.2) is 4.39 Å². The summed E-state index contributed by atoms with van der Waals surface area (Å²) in [4.78, 5) is 0. The number of halogens is 3. The molecule has 0 fully saturated rings. The molecule has 0 unspecified atom stereocenters. The molecule has 0 saturated carbocycles. The maximum absolute atomic E-state index is 13.3. The Kier molecular flexibility index (Phi) is 5.15. The Hall–Kier alpha value is -1.65. The number of methoxy groups -OCH3 is 2. The van der Waals surface area contributed by atoms with Gasteiger partial charge in [-0.15, -0.1) is 0 Å². The van der Waals surface area contributed by atoms with Crippen molar-refractivity contribution in [2.45, 2.75) is 6.54 Å². The average molecular weight is 330 g/mol. The van der Waals surface area contributed by atoms with E-state index in [0.29, 0.717) is 39.3 Å². The highest BCUT2D eigenvalue weighted by Crippen LogP contribution is 2.36. The van der Waals surface area contributed by atoms with Crippen LogP contribution in [0.1, 0.15) is 5.56 Å². The number of nitrogens with one attached hydrogen (secondary N) is 1. The third kappa shape index (κ3) is 3.93. The molecule has 0 aliphatic heterocycles. The van der Waals surface area contributed by atoms with Crippen LogP contribution in [0, 0.1) is 5.82 Å². The van der Waals surface area contributed by atoms with Crippen LogP contribution >= 0.6 is 23.2 Å². The molecule has 0 bridgehead atoms. The Morgan fingerprint density at radius 3 is 2.29 bits per heavy atom. The second kappa shape index (κ2) is 6.87. The van der Waals surface area contributed by atoms with Crippen LogP contribution in [0.15, 0.2) is 30.3 Å². The lowest BCUT2D eigenvalue weighted by atomic mass is 10.2. The number of ether oxygens (including phenoxy) is 2. The minimum Gasteiger partial charge on any atom is -0.493 e. The first-order chi connectivity index (χ1) is 10.0. The van der Waals surface area contributed by atoms with Crippen LogP contribution in [0.2, 0.25) is 10.0 Å². The molecular weight excluding hydrogens is 316 g/mol. The fourth-order valence-electron chi connectivity index (χ4n) is 1.90. The van der Waals surface area contributed by atoms with Gasteiger partial charge < -0.3 is 14.8 Å². The summed E-state index contributed by atoms with van der Waals surface area (Å²) >= 11 is 12.0. The van der Waals surface area contributed by atoms with Crippen molar-refractivity contribution in [2.75, 3.05) is 19.5 Å². The number of rotatable bonds is 5. The van der Waals surface area contributed by atoms with Crippen molar-refractivity contribution in [3.63, 3.8) is 0 Å². The van der Waals surface area contributed by atoms with E-state index in [2.05, 4.69) is 5.32 Å². The standard InChI is InChI=1S/C15H14Cl2FNO2/c1-20-14-6-12(17)13(7-15(14)21-2)19-8-9-3-10(16)5-11(18)4-9/h3-7,19H,8H2,1-2H3. The first kappa shape index (κ1) is 15.7. The van der Waals surface area contributed by atoms with Gasteiger partial charge in [-0.2, -0.15) is 0 Å². The van der Waals surface area contributed by atoms with Gasteiger partial charge in [0.2, 0.25) is 0 Å². The van der Waals surface area contributed by atoms with Crippen LogP contribution in [0.3, 0.4) is 0 Å². The molecule has 0 radical (unpaired) electrons. The molecule has 0 aromatic heterocycles. The summed E-state index contributed by atoms with van der Waals surface area (Å²) in [5, 5.41) is 3.95. The van der Waals surface area contributed by atoms with Crippen LogP contribution in [-0.2, 0) is 6.54 Å². The van der Waals surface area contributed by atoms with Gasteiger partial charge in [-0.05, 0) is 23.8 Å². The van der Waals surface area contributed by atoms with E-state index in [0.717, 1.165) is 0 Å². The summed E-state index contributed by atoms with van der Waals surface area (Å²) in [6.45, 7) is 0.382. The van der Waals surface area contributed by atoms with Crippen LogP contribution in [0.5, 0.6) is 11.5 Å². The molecule has 2 rings (SSSR count). The van der Waals surface area contributed by atoms with E-state index >= 15 is 0 Å². The Balaban J connectivity index is 2.19. The fourth-order valence-corrected chi connectivity index (χ4v) is 2.36. The van der Waals surface area contributed by atoms with Crippen LogP contribution in [-0.4, -0.2) is 14.2 Å². The van der Waals surface area contributed by atoms with Crippen molar-refractivity contribution in [1.29, 1.82) is 0 Å². The third-order valence-electron chi connectivity index (χ3n) is 2.88. The van der Waals surface area contributed by atoms with E-state index in [4.69, 9.17) is 32.7 Å². The van der Waals surface area contributed by atoms with E-state index in [9.17, 15) is 4.39 Å². The highest BCUT2D eigenvalue weighted by Gasteiger charge is 2.10.